The molecule has 64 heavy (non-hydrogen) atoms. The summed E-state index contributed by atoms with van der Waals surface area (Å²) in [4.78, 5) is 17.3. The van der Waals surface area contributed by atoms with Gasteiger partial charge in [-0.2, -0.15) is 36.8 Å². The van der Waals surface area contributed by atoms with Crippen LogP contribution in [0.2, 0.25) is 0 Å². The zero-order valence-electron chi connectivity index (χ0n) is 33.5. The first-order chi connectivity index (χ1) is 30.9. The Balaban J connectivity index is 1.07. The summed E-state index contributed by atoms with van der Waals surface area (Å²) in [6.07, 6.45) is 2.62. The van der Waals surface area contributed by atoms with Crippen LogP contribution in [0.25, 0.3) is 12.2 Å². The van der Waals surface area contributed by atoms with Crippen molar-refractivity contribution < 1.29 is 25.9 Å². The van der Waals surface area contributed by atoms with Crippen molar-refractivity contribution in [3.63, 3.8) is 0 Å². The normalized spacial score (nSPS) is 11.5. The fourth-order valence-corrected chi connectivity index (χ4v) is 7.74. The fourth-order valence-electron chi connectivity index (χ4n) is 6.32. The van der Waals surface area contributed by atoms with Gasteiger partial charge in [-0.05, 0) is 83.9 Å². The van der Waals surface area contributed by atoms with Gasteiger partial charge in [0, 0.05) is 46.3 Å². The molecule has 2 aromatic heterocycles. The molecule has 320 valence electrons. The zero-order chi connectivity index (χ0) is 44.5. The quantitative estimate of drug-likeness (QED) is 0.0333. The smallest absolute Gasteiger partial charge is 0.295 e. The van der Waals surface area contributed by atoms with Gasteiger partial charge in [0.1, 0.15) is 33.1 Å². The van der Waals surface area contributed by atoms with Crippen molar-refractivity contribution in [1.29, 1.82) is 0 Å². The number of para-hydroxylation sites is 4. The molecule has 0 bridgehead atoms. The van der Waals surface area contributed by atoms with Crippen molar-refractivity contribution in [3.8, 4) is 0 Å². The Morgan fingerprint density at radius 3 is 0.922 bits per heavy atom. The molecular weight excluding hydrogens is 853 g/mol. The lowest BCUT2D eigenvalue weighted by Gasteiger charge is -2.14. The molecule has 0 aliphatic carbocycles. The summed E-state index contributed by atoms with van der Waals surface area (Å²) >= 11 is 0. The zero-order valence-corrected chi connectivity index (χ0v) is 35.1. The molecule has 0 atom stereocenters. The van der Waals surface area contributed by atoms with Crippen molar-refractivity contribution >= 4 is 102 Å². The van der Waals surface area contributed by atoms with Crippen molar-refractivity contribution in [1.82, 2.24) is 19.9 Å². The van der Waals surface area contributed by atoms with Crippen molar-refractivity contribution in [2.45, 2.75) is 9.79 Å². The van der Waals surface area contributed by atoms with E-state index < -0.39 is 30.0 Å². The number of benzene rings is 6. The van der Waals surface area contributed by atoms with Crippen LogP contribution in [-0.4, -0.2) is 45.9 Å². The molecule has 0 saturated carbocycles. The Kier molecular flexibility index (Phi) is 12.5. The van der Waals surface area contributed by atoms with E-state index in [2.05, 4.69) is 51.8 Å². The summed E-state index contributed by atoms with van der Waals surface area (Å²) in [6, 6.07) is 49.0. The molecule has 6 aromatic carbocycles. The molecule has 8 rings (SSSR count). The lowest BCUT2D eigenvalue weighted by molar-refractivity contribution is 0.480. The molecule has 18 heteroatoms. The van der Waals surface area contributed by atoms with Crippen molar-refractivity contribution in [2.24, 2.45) is 0 Å². The molecule has 8 N–H and O–H groups in total. The van der Waals surface area contributed by atoms with Crippen LogP contribution in [0, 0.1) is 0 Å². The minimum atomic E-state index is -4.83. The summed E-state index contributed by atoms with van der Waals surface area (Å²) in [5.74, 6) is 1.92. The highest BCUT2D eigenvalue weighted by Crippen LogP contribution is 2.31. The number of nitrogens with one attached hydrogen (secondary N) is 6. The molecular formula is C46H38N10O6S2. The van der Waals surface area contributed by atoms with E-state index in [0.29, 0.717) is 11.6 Å². The van der Waals surface area contributed by atoms with Crippen molar-refractivity contribution in [3.05, 3.63) is 181 Å². The van der Waals surface area contributed by atoms with E-state index in [0.717, 1.165) is 22.7 Å². The van der Waals surface area contributed by atoms with Gasteiger partial charge in [-0.15, -0.1) is 0 Å². The van der Waals surface area contributed by atoms with E-state index in [1.54, 1.807) is 24.3 Å². The highest BCUT2D eigenvalue weighted by molar-refractivity contribution is 7.86. The molecule has 0 saturated heterocycles. The van der Waals surface area contributed by atoms with Crippen LogP contribution in [-0.2, 0) is 20.2 Å². The van der Waals surface area contributed by atoms with Crippen LogP contribution < -0.4 is 31.9 Å². The summed E-state index contributed by atoms with van der Waals surface area (Å²) in [7, 11) is -9.65. The van der Waals surface area contributed by atoms with Gasteiger partial charge in [-0.1, -0.05) is 97.1 Å². The standard InChI is InChI=1S/C46H38N10O6S2/c57-63(58,59)39-27-37(49-43-29-41(47-33-13-5-1-6-14-33)53-45(55-43)51-35-17-9-3-10-18-35)25-23-31(39)21-22-32-24-26-38(28-40(32)64(60,61)62)50-44-30-42(48-34-15-7-2-8-16-34)54-46(56-44)52-36-19-11-4-12-20-36/h1-30H,(H,57,58,59)(H,60,61,62)(H3,47,49,51,53,55)(H3,48,50,52,54,56)/b22-21+. The van der Waals surface area contributed by atoms with E-state index in [4.69, 9.17) is 0 Å². The number of nitrogens with zero attached hydrogens (tertiary/aromatic N) is 4. The van der Waals surface area contributed by atoms with E-state index in [-0.39, 0.29) is 46.0 Å². The van der Waals surface area contributed by atoms with Crippen LogP contribution >= 0.6 is 0 Å². The van der Waals surface area contributed by atoms with Crippen LogP contribution in [0.3, 0.4) is 0 Å². The Bertz CT molecular complexity index is 2840. The van der Waals surface area contributed by atoms with E-state index in [1.807, 2.05) is 121 Å². The summed E-state index contributed by atoms with van der Waals surface area (Å²) in [5, 5.41) is 19.0. The maximum absolute atomic E-state index is 12.8. The second-order valence-corrected chi connectivity index (χ2v) is 16.7. The number of hydrogen-bond donors (Lipinski definition) is 8. The van der Waals surface area contributed by atoms with Crippen LogP contribution in [0.1, 0.15) is 11.1 Å². The molecule has 0 spiro atoms. The predicted octanol–water partition coefficient (Wildman–Crippen LogP) is 10.4. The second kappa shape index (κ2) is 18.8. The first kappa shape index (κ1) is 42.5. The lowest BCUT2D eigenvalue weighted by Crippen LogP contribution is -2.06. The summed E-state index contributed by atoms with van der Waals surface area (Å²) < 4.78 is 71.7. The summed E-state index contributed by atoms with van der Waals surface area (Å²) in [5.41, 5.74) is 3.57. The van der Waals surface area contributed by atoms with Gasteiger partial charge in [0.2, 0.25) is 11.9 Å². The van der Waals surface area contributed by atoms with E-state index in [1.165, 1.54) is 36.4 Å². The Hall–Kier alpha value is -8.16. The van der Waals surface area contributed by atoms with Crippen molar-refractivity contribution in [2.75, 3.05) is 31.9 Å². The van der Waals surface area contributed by atoms with Crippen LogP contribution in [0.4, 0.5) is 69.3 Å². The number of hydrogen-bond acceptors (Lipinski definition) is 14. The third-order valence-electron chi connectivity index (χ3n) is 9.17. The van der Waals surface area contributed by atoms with Gasteiger partial charge in [-0.25, -0.2) is 0 Å². The van der Waals surface area contributed by atoms with Gasteiger partial charge in [0.15, 0.2) is 0 Å². The lowest BCUT2D eigenvalue weighted by atomic mass is 10.1. The molecule has 0 aliphatic rings. The Morgan fingerprint density at radius 2 is 0.625 bits per heavy atom. The summed E-state index contributed by atoms with van der Waals surface area (Å²) in [6.45, 7) is 0. The highest BCUT2D eigenvalue weighted by atomic mass is 32.2. The second-order valence-electron chi connectivity index (χ2n) is 13.9. The third-order valence-corrected chi connectivity index (χ3v) is 11.0. The van der Waals surface area contributed by atoms with Gasteiger partial charge < -0.3 is 31.9 Å². The van der Waals surface area contributed by atoms with Gasteiger partial charge in [0.25, 0.3) is 20.2 Å². The fraction of sp³-hybridized carbons (Fsp3) is 0. The van der Waals surface area contributed by atoms with E-state index >= 15 is 0 Å². The van der Waals surface area contributed by atoms with Gasteiger partial charge >= 0.3 is 0 Å². The molecule has 2 heterocycles. The average Bonchev–Trinajstić information content (AvgIpc) is 3.27. The predicted molar refractivity (Wildman–Crippen MR) is 251 cm³/mol. The Morgan fingerprint density at radius 1 is 0.344 bits per heavy atom. The molecule has 0 fully saturated rings. The molecule has 8 aromatic rings. The topological polar surface area (TPSA) is 232 Å². The average molecular weight is 891 g/mol. The first-order valence-corrected chi connectivity index (χ1v) is 22.3. The molecule has 16 nitrogen and oxygen atoms in total. The number of rotatable bonds is 16. The Labute approximate surface area is 368 Å². The van der Waals surface area contributed by atoms with E-state index in [9.17, 15) is 25.9 Å². The number of anilines is 12. The minimum Gasteiger partial charge on any atom is -0.340 e. The third kappa shape index (κ3) is 11.4. The minimum absolute atomic E-state index is 0.0231. The molecule has 0 radical (unpaired) electrons. The van der Waals surface area contributed by atoms with Crippen LogP contribution in [0.15, 0.2) is 180 Å². The maximum Gasteiger partial charge on any atom is 0.295 e. The molecule has 0 amide bonds. The largest absolute Gasteiger partial charge is 0.340 e. The highest BCUT2D eigenvalue weighted by Gasteiger charge is 2.19. The SMILES string of the molecule is O=S(=O)(O)c1cc(Nc2cc(Nc3ccccc3)nc(Nc3ccccc3)n2)ccc1/C=C/c1ccc(Nc2cc(Nc3ccccc3)nc(Nc3ccccc3)n2)cc1S(=O)(=O)O. The molecule has 0 unspecified atom stereocenters. The van der Waals surface area contributed by atoms with Crippen LogP contribution in [0.5, 0.6) is 0 Å². The monoisotopic (exact) mass is 890 g/mol. The number of aromatic nitrogens is 4. The van der Waals surface area contributed by atoms with Gasteiger partial charge in [-0.3, -0.25) is 9.11 Å². The maximum atomic E-state index is 12.8. The first-order valence-electron chi connectivity index (χ1n) is 19.4. The molecule has 0 aliphatic heterocycles. The van der Waals surface area contributed by atoms with Gasteiger partial charge in [0.05, 0.1) is 0 Å².